The number of nitrogens with one attached hydrogen (secondary N) is 1. The minimum absolute atomic E-state index is 0.0636. The van der Waals surface area contributed by atoms with Crippen molar-refractivity contribution >= 4 is 5.97 Å². The van der Waals surface area contributed by atoms with Crippen molar-refractivity contribution in [2.45, 2.75) is 50.9 Å². The van der Waals surface area contributed by atoms with Gasteiger partial charge in [0.25, 0.3) is 5.56 Å². The highest BCUT2D eigenvalue weighted by Crippen LogP contribution is 2.43. The van der Waals surface area contributed by atoms with Crippen molar-refractivity contribution in [3.05, 3.63) is 68.5 Å². The number of benzene rings is 1. The van der Waals surface area contributed by atoms with Gasteiger partial charge in [0.05, 0.1) is 19.3 Å². The van der Waals surface area contributed by atoms with Gasteiger partial charge < -0.3 is 18.9 Å². The normalized spacial score (nSPS) is 27.7. The number of ether oxygens (including phenoxy) is 4. The molecule has 2 fully saturated rings. The highest BCUT2D eigenvalue weighted by atomic mass is 16.6. The Morgan fingerprint density at radius 3 is 2.80 bits per heavy atom. The number of nitrogens with zero attached hydrogens (tertiary/aromatic N) is 1. The van der Waals surface area contributed by atoms with E-state index in [1.807, 2.05) is 30.3 Å². The maximum absolute atomic E-state index is 12.4. The molecule has 4 unspecified atom stereocenters. The van der Waals surface area contributed by atoms with Crippen LogP contribution in [0.2, 0.25) is 0 Å². The largest absolute Gasteiger partial charge is 0.463 e. The van der Waals surface area contributed by atoms with Crippen molar-refractivity contribution in [2.75, 3.05) is 13.2 Å². The molecule has 0 aliphatic carbocycles. The van der Waals surface area contributed by atoms with Crippen LogP contribution in [0.15, 0.2) is 46.1 Å². The lowest BCUT2D eigenvalue weighted by atomic mass is 9.91. The molecule has 2 aromatic rings. The summed E-state index contributed by atoms with van der Waals surface area (Å²) < 4.78 is 25.0. The van der Waals surface area contributed by atoms with Gasteiger partial charge in [0, 0.05) is 25.1 Å². The molecule has 160 valence electrons. The minimum Gasteiger partial charge on any atom is -0.463 e. The predicted molar refractivity (Wildman–Crippen MR) is 105 cm³/mol. The van der Waals surface area contributed by atoms with Crippen LogP contribution in [0.1, 0.15) is 30.7 Å². The van der Waals surface area contributed by atoms with Crippen LogP contribution in [0.25, 0.3) is 0 Å². The summed E-state index contributed by atoms with van der Waals surface area (Å²) in [5.74, 6) is -0.447. The number of hydrogen-bond donors (Lipinski definition) is 1. The molecule has 30 heavy (non-hydrogen) atoms. The standard InChI is InChI=1S/C21H24N2O7/c1-13-9-23(20(26)22-19(13)25)17-8-16-18(27-10-15-6-4-3-5-7-15)21(30-17,12-29-16)11-28-14(2)24/h3-7,9,16-18H,8,10-12H2,1-2H3,(H,22,25,26). The van der Waals surface area contributed by atoms with E-state index >= 15 is 0 Å². The van der Waals surface area contributed by atoms with Crippen molar-refractivity contribution in [1.29, 1.82) is 0 Å². The summed E-state index contributed by atoms with van der Waals surface area (Å²) in [5, 5.41) is 0. The Balaban J connectivity index is 1.61. The van der Waals surface area contributed by atoms with Crippen molar-refractivity contribution in [2.24, 2.45) is 0 Å². The van der Waals surface area contributed by atoms with Crippen LogP contribution in [0.3, 0.4) is 0 Å². The van der Waals surface area contributed by atoms with Crippen molar-refractivity contribution in [3.8, 4) is 0 Å². The molecule has 2 bridgehead atoms. The lowest BCUT2D eigenvalue weighted by molar-refractivity contribution is -0.229. The number of fused-ring (bicyclic) bond motifs is 2. The number of aromatic nitrogens is 2. The van der Waals surface area contributed by atoms with Crippen molar-refractivity contribution < 1.29 is 23.7 Å². The molecule has 2 saturated heterocycles. The Kier molecular flexibility index (Phi) is 5.59. The van der Waals surface area contributed by atoms with E-state index in [1.54, 1.807) is 6.92 Å². The summed E-state index contributed by atoms with van der Waals surface area (Å²) in [6.07, 6.45) is 0.297. The van der Waals surface area contributed by atoms with Gasteiger partial charge in [-0.1, -0.05) is 30.3 Å². The van der Waals surface area contributed by atoms with Crippen LogP contribution >= 0.6 is 0 Å². The summed E-state index contributed by atoms with van der Waals surface area (Å²) in [6, 6.07) is 9.69. The van der Waals surface area contributed by atoms with Crippen LogP contribution in [-0.4, -0.2) is 46.5 Å². The predicted octanol–water partition coefficient (Wildman–Crippen LogP) is 1.05. The van der Waals surface area contributed by atoms with E-state index in [4.69, 9.17) is 18.9 Å². The fourth-order valence-corrected chi connectivity index (χ4v) is 3.94. The summed E-state index contributed by atoms with van der Waals surface area (Å²) in [5.41, 5.74) is -0.680. The van der Waals surface area contributed by atoms with Gasteiger partial charge in [-0.2, -0.15) is 0 Å². The lowest BCUT2D eigenvalue weighted by Crippen LogP contribution is -2.57. The highest BCUT2D eigenvalue weighted by molar-refractivity contribution is 5.66. The molecule has 0 radical (unpaired) electrons. The smallest absolute Gasteiger partial charge is 0.330 e. The summed E-state index contributed by atoms with van der Waals surface area (Å²) in [6.45, 7) is 3.38. The van der Waals surface area contributed by atoms with E-state index in [-0.39, 0.29) is 19.3 Å². The molecule has 2 aliphatic heterocycles. The quantitative estimate of drug-likeness (QED) is 0.701. The maximum Gasteiger partial charge on any atom is 0.330 e. The van der Waals surface area contributed by atoms with Crippen LogP contribution in [0.4, 0.5) is 0 Å². The van der Waals surface area contributed by atoms with Crippen LogP contribution in [0, 0.1) is 6.92 Å². The zero-order valence-corrected chi connectivity index (χ0v) is 16.8. The van der Waals surface area contributed by atoms with Crippen LogP contribution < -0.4 is 11.2 Å². The number of aromatic amines is 1. The monoisotopic (exact) mass is 416 g/mol. The minimum atomic E-state index is -1.06. The molecule has 1 aromatic heterocycles. The molecule has 1 N–H and O–H groups in total. The number of carbonyl (C=O) groups excluding carboxylic acids is 1. The molecule has 4 atom stereocenters. The van der Waals surface area contributed by atoms with E-state index in [2.05, 4.69) is 4.98 Å². The van der Waals surface area contributed by atoms with E-state index in [1.165, 1.54) is 17.7 Å². The highest BCUT2D eigenvalue weighted by Gasteiger charge is 2.58. The van der Waals surface area contributed by atoms with Gasteiger partial charge in [0.2, 0.25) is 0 Å². The fraction of sp³-hybridized carbons (Fsp3) is 0.476. The van der Waals surface area contributed by atoms with Crippen molar-refractivity contribution in [1.82, 2.24) is 9.55 Å². The molecule has 9 heteroatoms. The van der Waals surface area contributed by atoms with Gasteiger partial charge in [-0.05, 0) is 12.5 Å². The van der Waals surface area contributed by atoms with Gasteiger partial charge in [-0.3, -0.25) is 19.1 Å². The second-order valence-electron chi connectivity index (χ2n) is 7.70. The average molecular weight is 416 g/mol. The SMILES string of the molecule is CC(=O)OCC12COC(CC(n3cc(C)c(=O)[nH]c3=O)O1)C2OCc1ccccc1. The number of aryl methyl sites for hydroxylation is 1. The van der Waals surface area contributed by atoms with E-state index in [0.29, 0.717) is 18.6 Å². The Hall–Kier alpha value is -2.75. The molecular weight excluding hydrogens is 392 g/mol. The zero-order valence-electron chi connectivity index (χ0n) is 16.8. The first kappa shape index (κ1) is 20.5. The molecule has 0 spiro atoms. The number of hydrogen-bond acceptors (Lipinski definition) is 7. The number of esters is 1. The molecule has 2 aliphatic rings. The number of carbonyl (C=O) groups is 1. The first-order valence-corrected chi connectivity index (χ1v) is 9.78. The third-order valence-electron chi connectivity index (χ3n) is 5.45. The third-order valence-corrected chi connectivity index (χ3v) is 5.45. The molecule has 3 heterocycles. The Morgan fingerprint density at radius 2 is 2.07 bits per heavy atom. The van der Waals surface area contributed by atoms with Crippen LogP contribution in [-0.2, 0) is 30.3 Å². The lowest BCUT2D eigenvalue weighted by Gasteiger charge is -2.42. The zero-order chi connectivity index (χ0) is 21.3. The van der Waals surface area contributed by atoms with E-state index in [0.717, 1.165) is 5.56 Å². The van der Waals surface area contributed by atoms with Crippen molar-refractivity contribution in [3.63, 3.8) is 0 Å². The third kappa shape index (κ3) is 3.96. The molecular formula is C21H24N2O7. The van der Waals surface area contributed by atoms with E-state index < -0.39 is 35.2 Å². The molecule has 0 amide bonds. The van der Waals surface area contributed by atoms with Gasteiger partial charge in [0.1, 0.15) is 18.9 Å². The first-order chi connectivity index (χ1) is 14.4. The maximum atomic E-state index is 12.4. The topological polar surface area (TPSA) is 109 Å². The number of H-pyrrole nitrogens is 1. The second kappa shape index (κ2) is 8.17. The summed E-state index contributed by atoms with van der Waals surface area (Å²) in [7, 11) is 0. The summed E-state index contributed by atoms with van der Waals surface area (Å²) >= 11 is 0. The number of rotatable bonds is 6. The van der Waals surface area contributed by atoms with Gasteiger partial charge >= 0.3 is 11.7 Å². The first-order valence-electron chi connectivity index (χ1n) is 9.78. The second-order valence-corrected chi connectivity index (χ2v) is 7.70. The summed E-state index contributed by atoms with van der Waals surface area (Å²) in [4.78, 5) is 37.8. The van der Waals surface area contributed by atoms with Gasteiger partial charge in [-0.25, -0.2) is 4.79 Å². The van der Waals surface area contributed by atoms with E-state index in [9.17, 15) is 14.4 Å². The molecule has 9 nitrogen and oxygen atoms in total. The Labute approximate surface area is 172 Å². The molecule has 1 aromatic carbocycles. The average Bonchev–Trinajstić information content (AvgIpc) is 2.93. The van der Waals surface area contributed by atoms with Gasteiger partial charge in [-0.15, -0.1) is 0 Å². The Morgan fingerprint density at radius 1 is 1.30 bits per heavy atom. The van der Waals surface area contributed by atoms with Gasteiger partial charge in [0.15, 0.2) is 5.60 Å². The fourth-order valence-electron chi connectivity index (χ4n) is 3.94. The molecule has 0 saturated carbocycles. The van der Waals surface area contributed by atoms with Crippen LogP contribution in [0.5, 0.6) is 0 Å². The Bertz CT molecular complexity index is 1030. The molecule has 4 rings (SSSR count).